The Balaban J connectivity index is 1.52. The molecule has 3 saturated heterocycles. The molecule has 6 rings (SSSR count). The van der Waals surface area contributed by atoms with Crippen LogP contribution in [-0.2, 0) is 33.3 Å². The van der Waals surface area contributed by atoms with Crippen LogP contribution in [0.4, 0.5) is 4.79 Å². The van der Waals surface area contributed by atoms with Crippen LogP contribution in [0.2, 0.25) is 4.31 Å². The predicted molar refractivity (Wildman–Crippen MR) is 127 cm³/mol. The maximum atomic E-state index is 14.6. The van der Waals surface area contributed by atoms with Gasteiger partial charge in [-0.2, -0.15) is 0 Å². The molecular weight excluding hydrogens is 549 g/mol. The van der Waals surface area contributed by atoms with Crippen molar-refractivity contribution in [2.45, 2.75) is 41.8 Å². The second kappa shape index (κ2) is 8.12. The van der Waals surface area contributed by atoms with Gasteiger partial charge in [-0.05, 0) is 0 Å². The molecule has 5 aliphatic rings. The quantitative estimate of drug-likeness (QED) is 0.357. The molecule has 5 atom stereocenters. The van der Waals surface area contributed by atoms with E-state index in [0.717, 1.165) is 4.46 Å². The van der Waals surface area contributed by atoms with Gasteiger partial charge in [0.1, 0.15) is 0 Å². The van der Waals surface area contributed by atoms with Crippen LogP contribution >= 0.6 is 0 Å². The Hall–Kier alpha value is -2.76. The van der Waals surface area contributed by atoms with Crippen LogP contribution < -0.4 is 10.2 Å². The number of amides is 2. The molecule has 1 aliphatic carbocycles. The van der Waals surface area contributed by atoms with Crippen LogP contribution in [0.15, 0.2) is 41.6 Å². The first kappa shape index (κ1) is 24.6. The van der Waals surface area contributed by atoms with Crippen molar-refractivity contribution < 1.29 is 38.1 Å². The first-order chi connectivity index (χ1) is 17.6. The molecule has 2 amide bonds. The first-order valence-corrected chi connectivity index (χ1v) is 13.7. The number of primary amides is 1. The van der Waals surface area contributed by atoms with Gasteiger partial charge in [-0.1, -0.05) is 0 Å². The number of ketones is 2. The van der Waals surface area contributed by atoms with Gasteiger partial charge in [0.15, 0.2) is 0 Å². The van der Waals surface area contributed by atoms with Crippen LogP contribution in [-0.4, -0.2) is 105 Å². The molecular formula is C25H27N3O8Se. The van der Waals surface area contributed by atoms with Crippen molar-refractivity contribution in [2.24, 2.45) is 11.7 Å². The van der Waals surface area contributed by atoms with E-state index in [4.69, 9.17) is 24.7 Å². The standard InChI is InChI=1S/C25H27N3O8Se/c1-13(29)28-16-11-27-18-17(15(12-34-22(26)32)24(27,33-3)19(16)28)20(30)25(35-9-10-36-25)23(2,21(18)31)37-14-7-5-4-6-8-14/h4-8,15-16,19H,9-12H2,1-3H3,(H2,26,32)/t15-,16+,19+,23?,24-,28?/m1/s1. The Morgan fingerprint density at radius 1 is 1.16 bits per heavy atom. The zero-order valence-corrected chi connectivity index (χ0v) is 22.3. The molecule has 1 unspecified atom stereocenters. The minimum atomic E-state index is -1.82. The molecule has 0 aromatic heterocycles. The summed E-state index contributed by atoms with van der Waals surface area (Å²) in [6.07, 6.45) is -1.02. The second-order valence-corrected chi connectivity index (χ2v) is 13.0. The van der Waals surface area contributed by atoms with Gasteiger partial charge in [-0.25, -0.2) is 0 Å². The number of benzene rings is 1. The number of Topliss-reactive ketones (excluding diaryl/α,β-unsaturated/α-hetero) is 2. The zero-order chi connectivity index (χ0) is 26.3. The monoisotopic (exact) mass is 577 g/mol. The van der Waals surface area contributed by atoms with Crippen LogP contribution in [0.1, 0.15) is 13.8 Å². The van der Waals surface area contributed by atoms with E-state index in [1.807, 2.05) is 30.3 Å². The number of fused-ring (bicyclic) bond motifs is 4. The number of methoxy groups -OCH3 is 1. The maximum absolute atomic E-state index is 14.6. The molecule has 37 heavy (non-hydrogen) atoms. The van der Waals surface area contributed by atoms with E-state index in [1.165, 1.54) is 14.0 Å². The van der Waals surface area contributed by atoms with Crippen LogP contribution in [0.3, 0.4) is 0 Å². The average molecular weight is 576 g/mol. The fourth-order valence-electron chi connectivity index (χ4n) is 6.72. The minimum absolute atomic E-state index is 0.139. The third-order valence-electron chi connectivity index (χ3n) is 8.18. The predicted octanol–water partition coefficient (Wildman–Crippen LogP) is -0.674. The Labute approximate surface area is 219 Å². The fourth-order valence-corrected chi connectivity index (χ4v) is 9.44. The molecule has 3 fully saturated rings. The van der Waals surface area contributed by atoms with Crippen molar-refractivity contribution in [3.8, 4) is 0 Å². The topological polar surface area (TPSA) is 137 Å². The summed E-state index contributed by atoms with van der Waals surface area (Å²) < 4.78 is 23.0. The molecule has 0 bridgehead atoms. The molecule has 0 saturated carbocycles. The number of carbonyl (C=O) groups is 4. The fraction of sp³-hybridized carbons (Fsp3) is 0.520. The Morgan fingerprint density at radius 3 is 2.43 bits per heavy atom. The third-order valence-corrected chi connectivity index (χ3v) is 11.1. The molecule has 4 heterocycles. The SMILES string of the molecule is CO[C@@]12[C@H](COC(N)=O)C3=C(C(=O)C(C)([Se]c4ccccc4)C4(OCCO4)C3=O)N1C[C@H]1[C@@H]2N1C(C)=O. The molecule has 11 nitrogen and oxygen atoms in total. The normalized spacial score (nSPS) is 35.1. The first-order valence-electron chi connectivity index (χ1n) is 12.0. The Kier molecular flexibility index (Phi) is 5.39. The summed E-state index contributed by atoms with van der Waals surface area (Å²) in [5, 5.41) is 0. The van der Waals surface area contributed by atoms with Crippen molar-refractivity contribution in [3.05, 3.63) is 41.6 Å². The summed E-state index contributed by atoms with van der Waals surface area (Å²) in [5.41, 5.74) is 4.39. The van der Waals surface area contributed by atoms with E-state index < -0.39 is 54.6 Å². The van der Waals surface area contributed by atoms with E-state index in [9.17, 15) is 19.2 Å². The van der Waals surface area contributed by atoms with Crippen molar-refractivity contribution in [2.75, 3.05) is 33.5 Å². The Bertz CT molecular complexity index is 1250. The molecule has 196 valence electrons. The van der Waals surface area contributed by atoms with Crippen molar-refractivity contribution in [3.63, 3.8) is 0 Å². The van der Waals surface area contributed by atoms with Gasteiger partial charge in [-0.3, -0.25) is 0 Å². The summed E-state index contributed by atoms with van der Waals surface area (Å²) in [7, 11) is 1.47. The molecule has 0 radical (unpaired) electrons. The van der Waals surface area contributed by atoms with E-state index in [0.29, 0.717) is 6.54 Å². The summed E-state index contributed by atoms with van der Waals surface area (Å²) in [4.78, 5) is 56.5. The molecule has 1 aromatic carbocycles. The van der Waals surface area contributed by atoms with Gasteiger partial charge in [0.25, 0.3) is 0 Å². The van der Waals surface area contributed by atoms with E-state index >= 15 is 0 Å². The average Bonchev–Trinajstić information content (AvgIpc) is 3.17. The van der Waals surface area contributed by atoms with Crippen molar-refractivity contribution >= 4 is 43.0 Å². The van der Waals surface area contributed by atoms with Gasteiger partial charge in [0.05, 0.1) is 0 Å². The Morgan fingerprint density at radius 2 is 1.84 bits per heavy atom. The van der Waals surface area contributed by atoms with Crippen molar-refractivity contribution in [1.29, 1.82) is 0 Å². The molecule has 1 spiro atoms. The second-order valence-electron chi connectivity index (χ2n) is 9.87. The number of rotatable bonds is 5. The van der Waals surface area contributed by atoms with Gasteiger partial charge in [0.2, 0.25) is 0 Å². The van der Waals surface area contributed by atoms with Crippen molar-refractivity contribution in [1.82, 2.24) is 9.80 Å². The number of hydrogen-bond acceptors (Lipinski definition) is 9. The summed E-state index contributed by atoms with van der Waals surface area (Å²) in [6, 6.07) is 8.89. The number of hydrogen-bond donors (Lipinski definition) is 1. The van der Waals surface area contributed by atoms with Crippen LogP contribution in [0.5, 0.6) is 0 Å². The zero-order valence-electron chi connectivity index (χ0n) is 20.6. The van der Waals surface area contributed by atoms with Gasteiger partial charge >= 0.3 is 219 Å². The molecule has 1 aromatic rings. The number of ether oxygens (including phenoxy) is 4. The summed E-state index contributed by atoms with van der Waals surface area (Å²) in [6.45, 7) is 3.53. The van der Waals surface area contributed by atoms with E-state index in [1.54, 1.807) is 16.7 Å². The summed E-state index contributed by atoms with van der Waals surface area (Å²) in [5.74, 6) is -3.60. The summed E-state index contributed by atoms with van der Waals surface area (Å²) >= 11 is -0.546. The number of allylic oxidation sites excluding steroid dienone is 1. The van der Waals surface area contributed by atoms with Crippen LogP contribution in [0, 0.1) is 5.92 Å². The number of piperazine rings is 1. The number of carbonyl (C=O) groups excluding carboxylic acids is 4. The van der Waals surface area contributed by atoms with Gasteiger partial charge in [0, 0.05) is 0 Å². The van der Waals surface area contributed by atoms with Crippen LogP contribution in [0.25, 0.3) is 0 Å². The van der Waals surface area contributed by atoms with E-state index in [-0.39, 0.29) is 48.8 Å². The molecule has 12 heteroatoms. The van der Waals surface area contributed by atoms with Gasteiger partial charge in [-0.15, -0.1) is 0 Å². The third kappa shape index (κ3) is 2.99. The van der Waals surface area contributed by atoms with E-state index in [2.05, 4.69) is 0 Å². The van der Waals surface area contributed by atoms with Gasteiger partial charge < -0.3 is 0 Å². The molecule has 4 aliphatic heterocycles. The molecule has 2 N–H and O–H groups in total. The number of nitrogens with zero attached hydrogens (tertiary/aromatic N) is 2. The number of nitrogens with two attached hydrogens (primary N) is 1.